The Balaban J connectivity index is 2.04. The molecule has 0 spiro atoms. The maximum absolute atomic E-state index is 13.1. The first-order valence-corrected chi connectivity index (χ1v) is 7.43. The van der Waals surface area contributed by atoms with Gasteiger partial charge in [0, 0.05) is 37.3 Å². The molecule has 118 valence electrons. The predicted octanol–water partition coefficient (Wildman–Crippen LogP) is 3.40. The van der Waals surface area contributed by atoms with Crippen LogP contribution in [0.5, 0.6) is 0 Å². The van der Waals surface area contributed by atoms with Crippen molar-refractivity contribution < 1.29 is 13.2 Å². The number of anilines is 1. The highest BCUT2D eigenvalue weighted by Crippen LogP contribution is 2.34. The van der Waals surface area contributed by atoms with Crippen LogP contribution in [0, 0.1) is 0 Å². The van der Waals surface area contributed by atoms with E-state index in [9.17, 15) is 13.2 Å². The summed E-state index contributed by atoms with van der Waals surface area (Å²) in [6.07, 6.45) is -4.43. The molecule has 0 unspecified atom stereocenters. The molecule has 0 atom stereocenters. The Hall–Kier alpha value is -1.82. The third kappa shape index (κ3) is 2.88. The highest BCUT2D eigenvalue weighted by Gasteiger charge is 2.34. The van der Waals surface area contributed by atoms with Crippen molar-refractivity contribution in [2.45, 2.75) is 13.1 Å². The second-order valence-electron chi connectivity index (χ2n) is 5.46. The van der Waals surface area contributed by atoms with Crippen LogP contribution in [-0.2, 0) is 6.18 Å². The number of para-hydroxylation sites is 1. The maximum atomic E-state index is 13.1. The van der Waals surface area contributed by atoms with E-state index in [0.717, 1.165) is 38.1 Å². The number of aromatic nitrogens is 1. The number of likely N-dealkylation sites (N-methyl/N-ethyl adjacent to an activating group) is 1. The van der Waals surface area contributed by atoms with Crippen molar-refractivity contribution >= 4 is 16.6 Å². The van der Waals surface area contributed by atoms with Gasteiger partial charge in [-0.1, -0.05) is 25.1 Å². The smallest absolute Gasteiger partial charge is 0.368 e. The lowest BCUT2D eigenvalue weighted by atomic mass is 10.1. The van der Waals surface area contributed by atoms with E-state index in [1.165, 1.54) is 6.07 Å². The number of hydrogen-bond donors (Lipinski definition) is 0. The molecule has 22 heavy (non-hydrogen) atoms. The van der Waals surface area contributed by atoms with E-state index in [2.05, 4.69) is 16.8 Å². The number of halogens is 3. The summed E-state index contributed by atoms with van der Waals surface area (Å²) in [6, 6.07) is 8.21. The van der Waals surface area contributed by atoms with E-state index in [4.69, 9.17) is 0 Å². The summed E-state index contributed by atoms with van der Waals surface area (Å²) in [5.41, 5.74) is 0.207. The van der Waals surface area contributed by atoms with Crippen LogP contribution in [0.4, 0.5) is 18.9 Å². The Bertz CT molecular complexity index is 661. The Morgan fingerprint density at radius 1 is 1.09 bits per heavy atom. The number of benzene rings is 1. The topological polar surface area (TPSA) is 19.4 Å². The van der Waals surface area contributed by atoms with Crippen LogP contribution < -0.4 is 4.90 Å². The van der Waals surface area contributed by atoms with E-state index in [0.29, 0.717) is 11.2 Å². The number of nitrogens with zero attached hydrogens (tertiary/aromatic N) is 3. The van der Waals surface area contributed by atoms with E-state index in [1.807, 2.05) is 17.0 Å². The first-order valence-electron chi connectivity index (χ1n) is 7.43. The summed E-state index contributed by atoms with van der Waals surface area (Å²) >= 11 is 0. The summed E-state index contributed by atoms with van der Waals surface area (Å²) < 4.78 is 39.3. The monoisotopic (exact) mass is 309 g/mol. The molecule has 1 fully saturated rings. The van der Waals surface area contributed by atoms with Crippen molar-refractivity contribution in [3.8, 4) is 0 Å². The third-order valence-electron chi connectivity index (χ3n) is 4.14. The fourth-order valence-corrected chi connectivity index (χ4v) is 2.87. The zero-order valence-corrected chi connectivity index (χ0v) is 12.4. The van der Waals surface area contributed by atoms with Gasteiger partial charge in [-0.25, -0.2) is 4.98 Å². The summed E-state index contributed by atoms with van der Waals surface area (Å²) in [5.74, 6) is 0. The minimum Gasteiger partial charge on any atom is -0.368 e. The molecule has 1 aromatic carbocycles. The largest absolute Gasteiger partial charge is 0.433 e. The second-order valence-corrected chi connectivity index (χ2v) is 5.46. The highest BCUT2D eigenvalue weighted by molar-refractivity contribution is 5.92. The first-order chi connectivity index (χ1) is 10.5. The lowest BCUT2D eigenvalue weighted by Crippen LogP contribution is -2.46. The van der Waals surface area contributed by atoms with Crippen molar-refractivity contribution in [2.24, 2.45) is 0 Å². The fraction of sp³-hybridized carbons (Fsp3) is 0.438. The molecular formula is C16H18F3N3. The molecule has 0 bridgehead atoms. The lowest BCUT2D eigenvalue weighted by molar-refractivity contribution is -0.140. The molecule has 1 saturated heterocycles. The zero-order chi connectivity index (χ0) is 15.7. The fourth-order valence-electron chi connectivity index (χ4n) is 2.87. The van der Waals surface area contributed by atoms with Gasteiger partial charge in [-0.2, -0.15) is 13.2 Å². The SMILES string of the molecule is CCN1CCN(c2cc(C(F)(F)F)nc3ccccc23)CC1. The average Bonchev–Trinajstić information content (AvgIpc) is 2.53. The Labute approximate surface area is 127 Å². The summed E-state index contributed by atoms with van der Waals surface area (Å²) in [5, 5.41) is 0.778. The normalized spacial score (nSPS) is 17.2. The highest BCUT2D eigenvalue weighted by atomic mass is 19.4. The van der Waals surface area contributed by atoms with E-state index in [-0.39, 0.29) is 0 Å². The molecular weight excluding hydrogens is 291 g/mol. The van der Waals surface area contributed by atoms with Crippen LogP contribution >= 0.6 is 0 Å². The molecule has 0 radical (unpaired) electrons. The van der Waals surface area contributed by atoms with Gasteiger partial charge in [0.25, 0.3) is 0 Å². The summed E-state index contributed by atoms with van der Waals surface area (Å²) in [6.45, 7) is 6.28. The van der Waals surface area contributed by atoms with Gasteiger partial charge < -0.3 is 9.80 Å². The van der Waals surface area contributed by atoms with Gasteiger partial charge in [-0.3, -0.25) is 0 Å². The van der Waals surface area contributed by atoms with Crippen LogP contribution in [-0.4, -0.2) is 42.6 Å². The first kappa shape index (κ1) is 15.1. The Morgan fingerprint density at radius 2 is 1.77 bits per heavy atom. The molecule has 0 aliphatic carbocycles. The quantitative estimate of drug-likeness (QED) is 0.847. The molecule has 2 heterocycles. The molecule has 1 aromatic heterocycles. The number of pyridine rings is 1. The molecule has 6 heteroatoms. The van der Waals surface area contributed by atoms with Crippen LogP contribution in [0.3, 0.4) is 0 Å². The molecule has 0 amide bonds. The van der Waals surface area contributed by atoms with Gasteiger partial charge in [-0.15, -0.1) is 0 Å². The Morgan fingerprint density at radius 3 is 2.41 bits per heavy atom. The molecule has 3 nitrogen and oxygen atoms in total. The van der Waals surface area contributed by atoms with E-state index in [1.54, 1.807) is 12.1 Å². The predicted molar refractivity (Wildman–Crippen MR) is 81.1 cm³/mol. The second kappa shape index (κ2) is 5.76. The number of alkyl halides is 3. The minimum absolute atomic E-state index is 0.394. The van der Waals surface area contributed by atoms with Crippen LogP contribution in [0.15, 0.2) is 30.3 Å². The van der Waals surface area contributed by atoms with Crippen LogP contribution in [0.1, 0.15) is 12.6 Å². The van der Waals surface area contributed by atoms with Crippen LogP contribution in [0.25, 0.3) is 10.9 Å². The van der Waals surface area contributed by atoms with Gasteiger partial charge in [0.2, 0.25) is 0 Å². The van der Waals surface area contributed by atoms with Crippen molar-refractivity contribution in [3.63, 3.8) is 0 Å². The van der Waals surface area contributed by atoms with Crippen molar-refractivity contribution in [2.75, 3.05) is 37.6 Å². The molecule has 1 aliphatic heterocycles. The maximum Gasteiger partial charge on any atom is 0.433 e. The third-order valence-corrected chi connectivity index (χ3v) is 4.14. The standard InChI is InChI=1S/C16H18F3N3/c1-2-21-7-9-22(10-8-21)14-11-15(16(17,18)19)20-13-6-4-3-5-12(13)14/h3-6,11H,2,7-10H2,1H3. The van der Waals surface area contributed by atoms with Crippen molar-refractivity contribution in [3.05, 3.63) is 36.0 Å². The summed E-state index contributed by atoms with van der Waals surface area (Å²) in [4.78, 5) is 8.10. The zero-order valence-electron chi connectivity index (χ0n) is 12.4. The molecule has 0 saturated carbocycles. The van der Waals surface area contributed by atoms with Gasteiger partial charge in [0.15, 0.2) is 0 Å². The summed E-state index contributed by atoms with van der Waals surface area (Å²) in [7, 11) is 0. The number of piperazine rings is 1. The lowest BCUT2D eigenvalue weighted by Gasteiger charge is -2.36. The van der Waals surface area contributed by atoms with Crippen molar-refractivity contribution in [1.82, 2.24) is 9.88 Å². The molecule has 0 N–H and O–H groups in total. The average molecular weight is 309 g/mol. The van der Waals surface area contributed by atoms with E-state index < -0.39 is 11.9 Å². The Kier molecular flexibility index (Phi) is 3.95. The van der Waals surface area contributed by atoms with Gasteiger partial charge in [-0.05, 0) is 18.7 Å². The van der Waals surface area contributed by atoms with Gasteiger partial charge in [0.05, 0.1) is 5.52 Å². The van der Waals surface area contributed by atoms with Crippen LogP contribution in [0.2, 0.25) is 0 Å². The molecule has 3 rings (SSSR count). The number of hydrogen-bond acceptors (Lipinski definition) is 3. The van der Waals surface area contributed by atoms with Crippen molar-refractivity contribution in [1.29, 1.82) is 0 Å². The number of fused-ring (bicyclic) bond motifs is 1. The number of rotatable bonds is 2. The van der Waals surface area contributed by atoms with E-state index >= 15 is 0 Å². The van der Waals surface area contributed by atoms with Gasteiger partial charge in [0.1, 0.15) is 5.69 Å². The molecule has 1 aliphatic rings. The molecule has 2 aromatic rings. The van der Waals surface area contributed by atoms with Gasteiger partial charge >= 0.3 is 6.18 Å². The minimum atomic E-state index is -4.43.